The van der Waals surface area contributed by atoms with E-state index in [0.29, 0.717) is 12.2 Å². The molecule has 0 aliphatic heterocycles. The van der Waals surface area contributed by atoms with Gasteiger partial charge in [0.2, 0.25) is 5.95 Å². The molecule has 7 nitrogen and oxygen atoms in total. The minimum absolute atomic E-state index is 0.271. The first-order chi connectivity index (χ1) is 9.75. The zero-order valence-electron chi connectivity index (χ0n) is 13.0. The molecule has 1 heterocycles. The molecule has 116 valence electrons. The predicted molar refractivity (Wildman–Crippen MR) is 77.5 cm³/mol. The molecular formula is C14H21N3O4. The summed E-state index contributed by atoms with van der Waals surface area (Å²) in [4.78, 5) is 33.0. The van der Waals surface area contributed by atoms with Crippen molar-refractivity contribution >= 4 is 17.9 Å². The molecule has 0 atom stereocenters. The predicted octanol–water partition coefficient (Wildman–Crippen LogP) is 1.65. The van der Waals surface area contributed by atoms with Crippen molar-refractivity contribution in [3.8, 4) is 0 Å². The van der Waals surface area contributed by atoms with Gasteiger partial charge in [0.15, 0.2) is 0 Å². The second-order valence-electron chi connectivity index (χ2n) is 5.00. The first-order valence-corrected chi connectivity index (χ1v) is 6.77. The number of ether oxygens (including phenoxy) is 1. The lowest BCUT2D eigenvalue weighted by Gasteiger charge is -2.34. The van der Waals surface area contributed by atoms with E-state index in [1.807, 2.05) is 6.92 Å². The van der Waals surface area contributed by atoms with Crippen LogP contribution < -0.4 is 4.90 Å². The molecule has 0 saturated heterocycles. The highest BCUT2D eigenvalue weighted by Crippen LogP contribution is 2.21. The van der Waals surface area contributed by atoms with Gasteiger partial charge in [0.1, 0.15) is 5.54 Å². The van der Waals surface area contributed by atoms with Crippen LogP contribution in [0.1, 0.15) is 43.7 Å². The number of carbonyl (C=O) groups excluding carboxylic acids is 1. The fourth-order valence-corrected chi connectivity index (χ4v) is 1.90. The third kappa shape index (κ3) is 3.48. The normalized spacial score (nSPS) is 11.1. The van der Waals surface area contributed by atoms with Crippen LogP contribution in [0.25, 0.3) is 0 Å². The largest absolute Gasteiger partial charge is 0.480 e. The van der Waals surface area contributed by atoms with Crippen molar-refractivity contribution in [2.75, 3.05) is 18.1 Å². The average Bonchev–Trinajstić information content (AvgIpc) is 2.39. The molecule has 0 aromatic carbocycles. The quantitative estimate of drug-likeness (QED) is 0.797. The molecule has 0 aliphatic rings. The Morgan fingerprint density at radius 1 is 1.38 bits per heavy atom. The number of aryl methyl sites for hydroxylation is 1. The number of hydrogen-bond donors (Lipinski definition) is 1. The Balaban J connectivity index is 3.18. The van der Waals surface area contributed by atoms with Crippen molar-refractivity contribution in [3.63, 3.8) is 0 Å². The molecule has 0 saturated carbocycles. The van der Waals surface area contributed by atoms with E-state index in [1.54, 1.807) is 32.6 Å². The number of carboxylic acid groups (broad SMARTS) is 1. The van der Waals surface area contributed by atoms with E-state index in [1.165, 1.54) is 6.20 Å². The van der Waals surface area contributed by atoms with Gasteiger partial charge in [-0.25, -0.2) is 19.6 Å². The Morgan fingerprint density at radius 2 is 2.00 bits per heavy atom. The zero-order valence-corrected chi connectivity index (χ0v) is 13.0. The highest BCUT2D eigenvalue weighted by molar-refractivity contribution is 5.90. The fourth-order valence-electron chi connectivity index (χ4n) is 1.90. The number of aliphatic carboxylic acids is 1. The molecule has 0 aliphatic carbocycles. The van der Waals surface area contributed by atoms with Gasteiger partial charge in [-0.2, -0.15) is 0 Å². The second-order valence-corrected chi connectivity index (χ2v) is 5.00. The lowest BCUT2D eigenvalue weighted by molar-refractivity contribution is -0.142. The molecule has 0 amide bonds. The fraction of sp³-hybridized carbons (Fsp3) is 0.571. The summed E-state index contributed by atoms with van der Waals surface area (Å²) in [5, 5.41) is 9.31. The number of aromatic nitrogens is 2. The van der Waals surface area contributed by atoms with Gasteiger partial charge in [0.05, 0.1) is 17.9 Å². The van der Waals surface area contributed by atoms with Crippen LogP contribution >= 0.6 is 0 Å². The maximum absolute atomic E-state index is 11.7. The van der Waals surface area contributed by atoms with Crippen molar-refractivity contribution < 1.29 is 19.4 Å². The summed E-state index contributed by atoms with van der Waals surface area (Å²) in [6.45, 7) is 9.07. The molecular weight excluding hydrogens is 274 g/mol. The summed E-state index contributed by atoms with van der Waals surface area (Å²) >= 11 is 0. The van der Waals surface area contributed by atoms with Gasteiger partial charge < -0.3 is 14.7 Å². The van der Waals surface area contributed by atoms with E-state index in [2.05, 4.69) is 9.97 Å². The highest BCUT2D eigenvalue weighted by Gasteiger charge is 2.35. The Kier molecular flexibility index (Phi) is 5.23. The Labute approximate surface area is 124 Å². The van der Waals surface area contributed by atoms with Crippen molar-refractivity contribution in [3.05, 3.63) is 17.5 Å². The molecule has 0 fully saturated rings. The first kappa shape index (κ1) is 16.9. The zero-order chi connectivity index (χ0) is 16.2. The van der Waals surface area contributed by atoms with E-state index >= 15 is 0 Å². The van der Waals surface area contributed by atoms with Crippen LogP contribution in [0.4, 0.5) is 5.95 Å². The van der Waals surface area contributed by atoms with Gasteiger partial charge in [-0.1, -0.05) is 0 Å². The minimum Gasteiger partial charge on any atom is -0.480 e. The first-order valence-electron chi connectivity index (χ1n) is 6.77. The smallest absolute Gasteiger partial charge is 0.341 e. The molecule has 1 N–H and O–H groups in total. The van der Waals surface area contributed by atoms with E-state index in [-0.39, 0.29) is 18.1 Å². The van der Waals surface area contributed by atoms with Crippen LogP contribution in [-0.4, -0.2) is 45.7 Å². The van der Waals surface area contributed by atoms with Crippen LogP contribution in [-0.2, 0) is 9.53 Å². The van der Waals surface area contributed by atoms with Crippen LogP contribution in [0, 0.1) is 6.92 Å². The maximum atomic E-state index is 11.7. The highest BCUT2D eigenvalue weighted by atomic mass is 16.5. The number of rotatable bonds is 6. The number of anilines is 1. The van der Waals surface area contributed by atoms with Gasteiger partial charge in [0, 0.05) is 12.7 Å². The lowest BCUT2D eigenvalue weighted by atomic mass is 10.0. The van der Waals surface area contributed by atoms with E-state index < -0.39 is 17.5 Å². The summed E-state index contributed by atoms with van der Waals surface area (Å²) in [6.07, 6.45) is 1.37. The Hall–Kier alpha value is -2.18. The number of esters is 1. The Morgan fingerprint density at radius 3 is 2.43 bits per heavy atom. The SMILES string of the molecule is CCOC(=O)c1cnc(N(CC)C(C)(C)C(=O)O)nc1C. The lowest BCUT2D eigenvalue weighted by Crippen LogP contribution is -2.51. The third-order valence-corrected chi connectivity index (χ3v) is 3.22. The number of nitrogens with zero attached hydrogens (tertiary/aromatic N) is 3. The van der Waals surface area contributed by atoms with Crippen molar-refractivity contribution in [2.24, 2.45) is 0 Å². The van der Waals surface area contributed by atoms with Crippen LogP contribution in [0.3, 0.4) is 0 Å². The van der Waals surface area contributed by atoms with Gasteiger partial charge in [-0.05, 0) is 34.6 Å². The molecule has 1 aromatic heterocycles. The van der Waals surface area contributed by atoms with Crippen LogP contribution in [0.2, 0.25) is 0 Å². The summed E-state index contributed by atoms with van der Waals surface area (Å²) in [7, 11) is 0. The maximum Gasteiger partial charge on any atom is 0.341 e. The standard InChI is InChI=1S/C14H21N3O4/c1-6-17(14(4,5)12(19)20)13-15-8-10(9(3)16-13)11(18)21-7-2/h8H,6-7H2,1-5H3,(H,19,20). The summed E-state index contributed by atoms with van der Waals surface area (Å²) in [5.41, 5.74) is -0.407. The van der Waals surface area contributed by atoms with Gasteiger partial charge in [-0.3, -0.25) is 0 Å². The number of carbonyl (C=O) groups is 2. The number of likely N-dealkylation sites (N-methyl/N-ethyl adjacent to an activating group) is 1. The van der Waals surface area contributed by atoms with Crippen molar-refractivity contribution in [1.29, 1.82) is 0 Å². The molecule has 0 radical (unpaired) electrons. The van der Waals surface area contributed by atoms with Crippen molar-refractivity contribution in [1.82, 2.24) is 9.97 Å². The monoisotopic (exact) mass is 295 g/mol. The molecule has 7 heteroatoms. The average molecular weight is 295 g/mol. The molecule has 0 spiro atoms. The van der Waals surface area contributed by atoms with Crippen molar-refractivity contribution in [2.45, 2.75) is 40.2 Å². The summed E-state index contributed by atoms with van der Waals surface area (Å²) in [5.74, 6) is -1.18. The van der Waals surface area contributed by atoms with Gasteiger partial charge >= 0.3 is 11.9 Å². The van der Waals surface area contributed by atoms with Gasteiger partial charge in [-0.15, -0.1) is 0 Å². The molecule has 0 bridgehead atoms. The van der Waals surface area contributed by atoms with Crippen LogP contribution in [0.5, 0.6) is 0 Å². The molecule has 21 heavy (non-hydrogen) atoms. The summed E-state index contributed by atoms with van der Waals surface area (Å²) < 4.78 is 4.91. The molecule has 1 rings (SSSR count). The second kappa shape index (κ2) is 6.51. The number of hydrogen-bond acceptors (Lipinski definition) is 6. The van der Waals surface area contributed by atoms with E-state index in [9.17, 15) is 14.7 Å². The molecule has 1 aromatic rings. The van der Waals surface area contributed by atoms with E-state index in [4.69, 9.17) is 4.74 Å². The third-order valence-electron chi connectivity index (χ3n) is 3.22. The molecule has 0 unspecified atom stereocenters. The van der Waals surface area contributed by atoms with Crippen LogP contribution in [0.15, 0.2) is 6.20 Å². The Bertz CT molecular complexity index is 543. The number of carboxylic acids is 1. The van der Waals surface area contributed by atoms with Gasteiger partial charge in [0.25, 0.3) is 0 Å². The topological polar surface area (TPSA) is 92.6 Å². The minimum atomic E-state index is -1.15. The summed E-state index contributed by atoms with van der Waals surface area (Å²) in [6, 6.07) is 0. The van der Waals surface area contributed by atoms with E-state index in [0.717, 1.165) is 0 Å².